The summed E-state index contributed by atoms with van der Waals surface area (Å²) in [5.41, 5.74) is 4.66. The van der Waals surface area contributed by atoms with Crippen molar-refractivity contribution in [3.63, 3.8) is 0 Å². The number of hydrogen-bond acceptors (Lipinski definition) is 4. The Kier molecular flexibility index (Phi) is 6.51. The van der Waals surface area contributed by atoms with Gasteiger partial charge in [-0.3, -0.25) is 9.59 Å². The largest absolute Gasteiger partial charge is 0.468 e. The first-order chi connectivity index (χ1) is 8.44. The van der Waals surface area contributed by atoms with Crippen LogP contribution in [0.2, 0.25) is 0 Å². The van der Waals surface area contributed by atoms with Crippen molar-refractivity contribution in [3.8, 4) is 0 Å². The van der Waals surface area contributed by atoms with Gasteiger partial charge in [-0.1, -0.05) is 6.58 Å². The van der Waals surface area contributed by atoms with Crippen LogP contribution in [0, 0.1) is 5.41 Å². The molecule has 4 heteroatoms. The summed E-state index contributed by atoms with van der Waals surface area (Å²) in [5, 5.41) is 0. The van der Waals surface area contributed by atoms with Gasteiger partial charge in [0.2, 0.25) is 0 Å². The van der Waals surface area contributed by atoms with Gasteiger partial charge in [0.15, 0.2) is 5.41 Å². The summed E-state index contributed by atoms with van der Waals surface area (Å²) in [5.74, 6) is -1.40. The molecule has 4 nitrogen and oxygen atoms in total. The van der Waals surface area contributed by atoms with E-state index in [0.717, 1.165) is 5.57 Å². The number of carbonyl (C=O) groups is 2. The van der Waals surface area contributed by atoms with Crippen LogP contribution in [0.15, 0.2) is 35.8 Å². The van der Waals surface area contributed by atoms with E-state index in [4.69, 9.17) is 0 Å². The maximum atomic E-state index is 11.9. The fraction of sp³-hybridized carbons (Fsp3) is 0.429. The highest BCUT2D eigenvalue weighted by Crippen LogP contribution is 2.28. The molecule has 0 aromatic carbocycles. The summed E-state index contributed by atoms with van der Waals surface area (Å²) in [4.78, 5) is 23.8. The second kappa shape index (κ2) is 7.33. The molecule has 0 aromatic rings. The standard InChI is InChI=1S/C14H18O4/c1-6-7-9-14(12(15)17-4,13(16)18-5)10-8-11(2)3/h7,10H,1,9H2,2-5H3. The van der Waals surface area contributed by atoms with Gasteiger partial charge in [-0.2, -0.15) is 0 Å². The molecule has 0 aromatic heterocycles. The monoisotopic (exact) mass is 250 g/mol. The van der Waals surface area contributed by atoms with E-state index in [1.54, 1.807) is 13.8 Å². The van der Waals surface area contributed by atoms with Gasteiger partial charge in [0.05, 0.1) is 14.2 Å². The molecule has 0 radical (unpaired) electrons. The van der Waals surface area contributed by atoms with Gasteiger partial charge in [-0.05, 0) is 31.6 Å². The Morgan fingerprint density at radius 2 is 1.72 bits per heavy atom. The van der Waals surface area contributed by atoms with Crippen molar-refractivity contribution < 1.29 is 19.1 Å². The van der Waals surface area contributed by atoms with Crippen LogP contribution < -0.4 is 0 Å². The molecule has 0 aliphatic rings. The maximum Gasteiger partial charge on any atom is 0.328 e. The summed E-state index contributed by atoms with van der Waals surface area (Å²) in [6.07, 6.45) is 2.92. The average molecular weight is 250 g/mol. The predicted octanol–water partition coefficient (Wildman–Crippen LogP) is 2.17. The fourth-order valence-corrected chi connectivity index (χ4v) is 1.29. The van der Waals surface area contributed by atoms with Crippen LogP contribution in [0.5, 0.6) is 0 Å². The van der Waals surface area contributed by atoms with Gasteiger partial charge in [-0.15, -0.1) is 11.5 Å². The molecule has 0 fully saturated rings. The quantitative estimate of drug-likeness (QED) is 0.426. The molecule has 98 valence electrons. The van der Waals surface area contributed by atoms with Gasteiger partial charge in [0, 0.05) is 6.42 Å². The summed E-state index contributed by atoms with van der Waals surface area (Å²) >= 11 is 0. The van der Waals surface area contributed by atoms with E-state index in [2.05, 4.69) is 27.5 Å². The molecule has 0 saturated carbocycles. The molecule has 0 N–H and O–H groups in total. The number of rotatable bonds is 5. The van der Waals surface area contributed by atoms with E-state index < -0.39 is 17.4 Å². The molecule has 0 aliphatic carbocycles. The number of carbonyl (C=O) groups excluding carboxylic acids is 2. The highest BCUT2D eigenvalue weighted by atomic mass is 16.5. The third-order valence-corrected chi connectivity index (χ3v) is 2.27. The van der Waals surface area contributed by atoms with Crippen molar-refractivity contribution in [1.82, 2.24) is 0 Å². The zero-order valence-corrected chi connectivity index (χ0v) is 11.2. The topological polar surface area (TPSA) is 52.6 Å². The van der Waals surface area contributed by atoms with Crippen molar-refractivity contribution in [3.05, 3.63) is 35.8 Å². The van der Waals surface area contributed by atoms with Crippen molar-refractivity contribution in [2.45, 2.75) is 20.3 Å². The summed E-state index contributed by atoms with van der Waals surface area (Å²) in [6.45, 7) is 7.01. The maximum absolute atomic E-state index is 11.9. The van der Waals surface area contributed by atoms with Gasteiger partial charge >= 0.3 is 11.9 Å². The molecular formula is C14H18O4. The summed E-state index contributed by atoms with van der Waals surface area (Å²) in [6, 6.07) is 0. The van der Waals surface area contributed by atoms with Gasteiger partial charge in [0.25, 0.3) is 0 Å². The van der Waals surface area contributed by atoms with Crippen molar-refractivity contribution in [2.24, 2.45) is 5.41 Å². The van der Waals surface area contributed by atoms with Gasteiger partial charge < -0.3 is 9.47 Å². The molecular weight excluding hydrogens is 232 g/mol. The Labute approximate surface area is 107 Å². The van der Waals surface area contributed by atoms with Crippen LogP contribution in [0.3, 0.4) is 0 Å². The Morgan fingerprint density at radius 1 is 1.22 bits per heavy atom. The molecule has 0 saturated heterocycles. The number of esters is 2. The molecule has 18 heavy (non-hydrogen) atoms. The number of ether oxygens (including phenoxy) is 2. The van der Waals surface area contributed by atoms with E-state index >= 15 is 0 Å². The highest BCUT2D eigenvalue weighted by Gasteiger charge is 2.45. The first-order valence-corrected chi connectivity index (χ1v) is 5.36. The fourth-order valence-electron chi connectivity index (χ4n) is 1.29. The second-order valence-corrected chi connectivity index (χ2v) is 3.86. The summed E-state index contributed by atoms with van der Waals surface area (Å²) in [7, 11) is 2.43. The molecule has 0 atom stereocenters. The van der Waals surface area contributed by atoms with Gasteiger partial charge in [-0.25, -0.2) is 0 Å². The smallest absolute Gasteiger partial charge is 0.328 e. The zero-order chi connectivity index (χ0) is 14.2. The van der Waals surface area contributed by atoms with Gasteiger partial charge in [0.1, 0.15) is 0 Å². The van der Waals surface area contributed by atoms with E-state index in [0.29, 0.717) is 0 Å². The van der Waals surface area contributed by atoms with Crippen molar-refractivity contribution >= 4 is 11.9 Å². The lowest BCUT2D eigenvalue weighted by atomic mass is 9.84. The lowest BCUT2D eigenvalue weighted by Crippen LogP contribution is -2.39. The molecule has 0 bridgehead atoms. The Morgan fingerprint density at radius 3 is 2.06 bits per heavy atom. The van der Waals surface area contributed by atoms with Crippen LogP contribution in [0.25, 0.3) is 0 Å². The second-order valence-electron chi connectivity index (χ2n) is 3.86. The predicted molar refractivity (Wildman–Crippen MR) is 67.7 cm³/mol. The SMILES string of the molecule is C=C=CCC(C=C=C(C)C)(C(=O)OC)C(=O)OC. The van der Waals surface area contributed by atoms with E-state index in [-0.39, 0.29) is 6.42 Å². The normalized spacial score (nSPS) is 9.56. The van der Waals surface area contributed by atoms with E-state index in [1.165, 1.54) is 26.4 Å². The third-order valence-electron chi connectivity index (χ3n) is 2.27. The minimum Gasteiger partial charge on any atom is -0.468 e. The first kappa shape index (κ1) is 16.0. The third kappa shape index (κ3) is 3.77. The average Bonchev–Trinajstić information content (AvgIpc) is 2.37. The van der Waals surface area contributed by atoms with Crippen molar-refractivity contribution in [1.29, 1.82) is 0 Å². The Balaban J connectivity index is 5.84. The zero-order valence-electron chi connectivity index (χ0n) is 11.2. The van der Waals surface area contributed by atoms with Crippen LogP contribution in [-0.2, 0) is 19.1 Å². The van der Waals surface area contributed by atoms with E-state index in [9.17, 15) is 9.59 Å². The van der Waals surface area contributed by atoms with Crippen LogP contribution in [-0.4, -0.2) is 26.2 Å². The molecule has 0 unspecified atom stereocenters. The minimum atomic E-state index is -1.54. The van der Waals surface area contributed by atoms with Crippen LogP contribution in [0.1, 0.15) is 20.3 Å². The van der Waals surface area contributed by atoms with Crippen LogP contribution in [0.4, 0.5) is 0 Å². The first-order valence-electron chi connectivity index (χ1n) is 5.36. The number of hydrogen-bond donors (Lipinski definition) is 0. The molecule has 0 rings (SSSR count). The number of allylic oxidation sites excluding steroid dienone is 1. The number of methoxy groups -OCH3 is 2. The Hall–Kier alpha value is -2.02. The highest BCUT2D eigenvalue weighted by molar-refractivity contribution is 6.02. The molecule has 0 amide bonds. The summed E-state index contributed by atoms with van der Waals surface area (Å²) < 4.78 is 9.36. The van der Waals surface area contributed by atoms with E-state index in [1.807, 2.05) is 0 Å². The van der Waals surface area contributed by atoms with Crippen LogP contribution >= 0.6 is 0 Å². The molecule has 0 spiro atoms. The molecule has 0 heterocycles. The minimum absolute atomic E-state index is 0.0656. The van der Waals surface area contributed by atoms with Crippen molar-refractivity contribution in [2.75, 3.05) is 14.2 Å². The molecule has 0 aliphatic heterocycles. The Bertz CT molecular complexity index is 413. The lowest BCUT2D eigenvalue weighted by Gasteiger charge is -2.22. The lowest BCUT2D eigenvalue weighted by molar-refractivity contribution is -0.164.